The number of aryl methyl sites for hydroxylation is 1. The Balaban J connectivity index is 1.83. The molecule has 1 N–H and O–H groups in total. The predicted molar refractivity (Wildman–Crippen MR) is 76.0 cm³/mol. The van der Waals surface area contributed by atoms with Gasteiger partial charge in [-0.25, -0.2) is 4.98 Å². The molecule has 0 bridgehead atoms. The summed E-state index contributed by atoms with van der Waals surface area (Å²) in [5.74, 6) is 0.0364. The van der Waals surface area contributed by atoms with Crippen LogP contribution in [0, 0.1) is 6.92 Å². The molecule has 1 aromatic heterocycles. The summed E-state index contributed by atoms with van der Waals surface area (Å²) in [6.45, 7) is 5.92. The molecule has 0 aromatic carbocycles. The molecule has 1 aromatic rings. The van der Waals surface area contributed by atoms with E-state index in [1.807, 2.05) is 17.2 Å². The molecule has 1 fully saturated rings. The zero-order valence-electron chi connectivity index (χ0n) is 11.1. The first-order chi connectivity index (χ1) is 9.19. The van der Waals surface area contributed by atoms with Gasteiger partial charge in [-0.05, 0) is 13.0 Å². The van der Waals surface area contributed by atoms with Gasteiger partial charge in [0.2, 0.25) is 5.91 Å². The van der Waals surface area contributed by atoms with E-state index in [9.17, 15) is 4.79 Å². The van der Waals surface area contributed by atoms with Crippen molar-refractivity contribution in [1.82, 2.24) is 14.8 Å². The molecule has 2 heterocycles. The highest BCUT2D eigenvalue weighted by molar-refractivity contribution is 7.09. The maximum Gasteiger partial charge on any atom is 0.246 e. The van der Waals surface area contributed by atoms with E-state index in [-0.39, 0.29) is 12.5 Å². The molecule has 1 amide bonds. The summed E-state index contributed by atoms with van der Waals surface area (Å²) in [6, 6.07) is 0. The Bertz CT molecular complexity index is 450. The highest BCUT2D eigenvalue weighted by atomic mass is 32.1. The Morgan fingerprint density at radius 1 is 1.47 bits per heavy atom. The second kappa shape index (κ2) is 6.79. The minimum Gasteiger partial charge on any atom is -0.395 e. The molecule has 2 rings (SSSR count). The van der Waals surface area contributed by atoms with Crippen LogP contribution >= 0.6 is 11.3 Å². The number of aliphatic hydroxyl groups excluding tert-OH is 1. The standard InChI is InChI=1S/C13H19N3O2S/c1-11-14-12(10-19-11)2-3-13(18)16-6-4-15(5-7-16)8-9-17/h2-3,10,17H,4-9H2,1H3/b3-2+. The van der Waals surface area contributed by atoms with Crippen LogP contribution in [0.4, 0.5) is 0 Å². The van der Waals surface area contributed by atoms with Gasteiger partial charge in [-0.15, -0.1) is 11.3 Å². The normalized spacial score (nSPS) is 17.3. The summed E-state index contributed by atoms with van der Waals surface area (Å²) in [5, 5.41) is 11.8. The Labute approximate surface area is 117 Å². The van der Waals surface area contributed by atoms with Gasteiger partial charge in [0.25, 0.3) is 0 Å². The van der Waals surface area contributed by atoms with Crippen molar-refractivity contribution < 1.29 is 9.90 Å². The molecule has 0 radical (unpaired) electrons. The zero-order valence-corrected chi connectivity index (χ0v) is 11.9. The fourth-order valence-electron chi connectivity index (χ4n) is 2.05. The lowest BCUT2D eigenvalue weighted by Crippen LogP contribution is -2.48. The van der Waals surface area contributed by atoms with E-state index in [0.717, 1.165) is 36.9 Å². The lowest BCUT2D eigenvalue weighted by Gasteiger charge is -2.33. The fraction of sp³-hybridized carbons (Fsp3) is 0.538. The van der Waals surface area contributed by atoms with Crippen molar-refractivity contribution >= 4 is 23.3 Å². The fourth-order valence-corrected chi connectivity index (χ4v) is 2.63. The molecular formula is C13H19N3O2S. The number of hydrogen-bond donors (Lipinski definition) is 1. The van der Waals surface area contributed by atoms with Crippen molar-refractivity contribution in [2.24, 2.45) is 0 Å². The van der Waals surface area contributed by atoms with E-state index in [0.29, 0.717) is 6.54 Å². The maximum atomic E-state index is 12.0. The van der Waals surface area contributed by atoms with Gasteiger partial charge in [0.1, 0.15) is 0 Å². The Morgan fingerprint density at radius 3 is 2.79 bits per heavy atom. The minimum atomic E-state index is 0.0364. The number of rotatable bonds is 4. The Kier molecular flexibility index (Phi) is 5.07. The molecule has 0 spiro atoms. The number of thiazole rings is 1. The van der Waals surface area contributed by atoms with Crippen LogP contribution in [0.5, 0.6) is 0 Å². The highest BCUT2D eigenvalue weighted by Crippen LogP contribution is 2.10. The lowest BCUT2D eigenvalue weighted by molar-refractivity contribution is -0.127. The summed E-state index contributed by atoms with van der Waals surface area (Å²) in [4.78, 5) is 20.3. The van der Waals surface area contributed by atoms with Crippen molar-refractivity contribution in [3.8, 4) is 0 Å². The number of β-amino-alcohol motifs (C(OH)–C–C–N with tert-alkyl or cyclic N) is 1. The van der Waals surface area contributed by atoms with E-state index in [4.69, 9.17) is 5.11 Å². The van der Waals surface area contributed by atoms with Gasteiger partial charge in [0.05, 0.1) is 17.3 Å². The number of hydrogen-bond acceptors (Lipinski definition) is 5. The summed E-state index contributed by atoms with van der Waals surface area (Å²) in [5.41, 5.74) is 0.842. The van der Waals surface area contributed by atoms with E-state index >= 15 is 0 Å². The molecule has 104 valence electrons. The molecule has 0 saturated carbocycles. The molecule has 19 heavy (non-hydrogen) atoms. The van der Waals surface area contributed by atoms with E-state index in [1.54, 1.807) is 23.5 Å². The van der Waals surface area contributed by atoms with Crippen molar-refractivity contribution in [3.63, 3.8) is 0 Å². The third kappa shape index (κ3) is 4.12. The third-order valence-corrected chi connectivity index (χ3v) is 3.93. The second-order valence-electron chi connectivity index (χ2n) is 4.52. The number of aliphatic hydroxyl groups is 1. The smallest absolute Gasteiger partial charge is 0.246 e. The number of piperazine rings is 1. The number of nitrogens with zero attached hydrogens (tertiary/aromatic N) is 3. The van der Waals surface area contributed by atoms with Crippen LogP contribution in [0.1, 0.15) is 10.7 Å². The number of amides is 1. The van der Waals surface area contributed by atoms with Crippen LogP contribution in [0.15, 0.2) is 11.5 Å². The summed E-state index contributed by atoms with van der Waals surface area (Å²) in [6.07, 6.45) is 3.36. The van der Waals surface area contributed by atoms with Gasteiger partial charge in [-0.3, -0.25) is 9.69 Å². The highest BCUT2D eigenvalue weighted by Gasteiger charge is 2.18. The molecule has 0 unspecified atom stereocenters. The first-order valence-electron chi connectivity index (χ1n) is 6.41. The largest absolute Gasteiger partial charge is 0.395 e. The van der Waals surface area contributed by atoms with Crippen LogP contribution < -0.4 is 0 Å². The van der Waals surface area contributed by atoms with Gasteiger partial charge < -0.3 is 10.0 Å². The van der Waals surface area contributed by atoms with Crippen LogP contribution in [-0.2, 0) is 4.79 Å². The van der Waals surface area contributed by atoms with Crippen LogP contribution in [-0.4, -0.2) is 65.1 Å². The van der Waals surface area contributed by atoms with Crippen molar-refractivity contribution in [3.05, 3.63) is 22.2 Å². The van der Waals surface area contributed by atoms with Crippen LogP contribution in [0.3, 0.4) is 0 Å². The average Bonchev–Trinajstić information content (AvgIpc) is 2.83. The van der Waals surface area contributed by atoms with Crippen molar-refractivity contribution in [2.75, 3.05) is 39.3 Å². The number of carbonyl (C=O) groups excluding carboxylic acids is 1. The third-order valence-electron chi connectivity index (χ3n) is 3.13. The SMILES string of the molecule is Cc1nc(/C=C/C(=O)N2CCN(CCO)CC2)cs1. The van der Waals surface area contributed by atoms with Gasteiger partial charge in [-0.2, -0.15) is 0 Å². The molecular weight excluding hydrogens is 262 g/mol. The van der Waals surface area contributed by atoms with Crippen molar-refractivity contribution in [1.29, 1.82) is 0 Å². The molecule has 0 atom stereocenters. The van der Waals surface area contributed by atoms with Crippen LogP contribution in [0.2, 0.25) is 0 Å². The quantitative estimate of drug-likeness (QED) is 0.821. The Morgan fingerprint density at radius 2 is 2.21 bits per heavy atom. The number of carbonyl (C=O) groups is 1. The maximum absolute atomic E-state index is 12.0. The summed E-state index contributed by atoms with van der Waals surface area (Å²) in [7, 11) is 0. The second-order valence-corrected chi connectivity index (χ2v) is 5.58. The zero-order chi connectivity index (χ0) is 13.7. The lowest BCUT2D eigenvalue weighted by atomic mass is 10.3. The van der Waals surface area contributed by atoms with E-state index in [2.05, 4.69) is 9.88 Å². The van der Waals surface area contributed by atoms with Crippen molar-refractivity contribution in [2.45, 2.75) is 6.92 Å². The first-order valence-corrected chi connectivity index (χ1v) is 7.29. The molecule has 0 aliphatic carbocycles. The topological polar surface area (TPSA) is 56.7 Å². The van der Waals surface area contributed by atoms with Gasteiger partial charge >= 0.3 is 0 Å². The molecule has 1 aliphatic rings. The summed E-state index contributed by atoms with van der Waals surface area (Å²) >= 11 is 1.58. The summed E-state index contributed by atoms with van der Waals surface area (Å²) < 4.78 is 0. The minimum absolute atomic E-state index is 0.0364. The van der Waals surface area contributed by atoms with Gasteiger partial charge in [-0.1, -0.05) is 0 Å². The van der Waals surface area contributed by atoms with Gasteiger partial charge in [0.15, 0.2) is 0 Å². The molecule has 6 heteroatoms. The monoisotopic (exact) mass is 281 g/mol. The van der Waals surface area contributed by atoms with E-state index < -0.39 is 0 Å². The molecule has 5 nitrogen and oxygen atoms in total. The van der Waals surface area contributed by atoms with E-state index in [1.165, 1.54) is 0 Å². The molecule has 1 saturated heterocycles. The Hall–Kier alpha value is -1.24. The van der Waals surface area contributed by atoms with Gasteiger partial charge in [0, 0.05) is 44.2 Å². The predicted octanol–water partition coefficient (Wildman–Crippen LogP) is 0.601. The average molecular weight is 281 g/mol. The first kappa shape index (κ1) is 14.2. The van der Waals surface area contributed by atoms with Crippen LogP contribution in [0.25, 0.3) is 6.08 Å². The number of aromatic nitrogens is 1. The molecule has 1 aliphatic heterocycles.